The Hall–Kier alpha value is -0.560. The zero-order valence-electron chi connectivity index (χ0n) is 11.3. The highest BCUT2D eigenvalue weighted by molar-refractivity contribution is 9.11. The summed E-state index contributed by atoms with van der Waals surface area (Å²) in [7, 11) is 1.65. The zero-order chi connectivity index (χ0) is 15.4. The Balaban J connectivity index is 2.22. The molecule has 112 valence electrons. The van der Waals surface area contributed by atoms with Gasteiger partial charge in [0.25, 0.3) is 0 Å². The first-order valence-corrected chi connectivity index (χ1v) is 8.56. The Labute approximate surface area is 149 Å². The van der Waals surface area contributed by atoms with E-state index in [0.717, 1.165) is 36.0 Å². The summed E-state index contributed by atoms with van der Waals surface area (Å²) in [5, 5.41) is 0. The SMILES string of the molecule is COc1ccc(Br)cc1COc1c(Br)cc(CN)cc1Br. The van der Waals surface area contributed by atoms with Crippen LogP contribution in [0.3, 0.4) is 0 Å². The predicted molar refractivity (Wildman–Crippen MR) is 94.8 cm³/mol. The van der Waals surface area contributed by atoms with E-state index in [1.165, 1.54) is 0 Å². The maximum absolute atomic E-state index is 5.92. The largest absolute Gasteiger partial charge is 0.496 e. The monoisotopic (exact) mass is 477 g/mol. The van der Waals surface area contributed by atoms with Gasteiger partial charge in [0, 0.05) is 16.6 Å². The van der Waals surface area contributed by atoms with Gasteiger partial charge < -0.3 is 15.2 Å². The number of hydrogen-bond acceptors (Lipinski definition) is 3. The van der Waals surface area contributed by atoms with Crippen LogP contribution in [0, 0.1) is 0 Å². The van der Waals surface area contributed by atoms with Gasteiger partial charge in [-0.25, -0.2) is 0 Å². The van der Waals surface area contributed by atoms with E-state index in [2.05, 4.69) is 47.8 Å². The third-order valence-corrected chi connectivity index (χ3v) is 4.58. The van der Waals surface area contributed by atoms with Gasteiger partial charge in [-0.15, -0.1) is 0 Å². The van der Waals surface area contributed by atoms with E-state index < -0.39 is 0 Å². The van der Waals surface area contributed by atoms with Crippen molar-refractivity contribution in [1.82, 2.24) is 0 Å². The van der Waals surface area contributed by atoms with Crippen LogP contribution < -0.4 is 15.2 Å². The van der Waals surface area contributed by atoms with Crippen molar-refractivity contribution in [2.24, 2.45) is 5.73 Å². The highest BCUT2D eigenvalue weighted by Crippen LogP contribution is 2.36. The van der Waals surface area contributed by atoms with Crippen LogP contribution in [0.4, 0.5) is 0 Å². The molecule has 0 saturated heterocycles. The fourth-order valence-corrected chi connectivity index (χ4v) is 3.80. The smallest absolute Gasteiger partial charge is 0.148 e. The van der Waals surface area contributed by atoms with Crippen LogP contribution in [0.5, 0.6) is 11.5 Å². The van der Waals surface area contributed by atoms with Crippen LogP contribution in [0.25, 0.3) is 0 Å². The molecule has 0 aliphatic heterocycles. The Kier molecular flexibility index (Phi) is 6.10. The first kappa shape index (κ1) is 16.8. The van der Waals surface area contributed by atoms with E-state index in [9.17, 15) is 0 Å². The third-order valence-electron chi connectivity index (χ3n) is 2.91. The molecule has 0 atom stereocenters. The van der Waals surface area contributed by atoms with Crippen molar-refractivity contribution in [3.05, 3.63) is 54.9 Å². The van der Waals surface area contributed by atoms with Crippen molar-refractivity contribution < 1.29 is 9.47 Å². The molecule has 0 aliphatic carbocycles. The second-order valence-electron chi connectivity index (χ2n) is 4.34. The molecule has 0 bridgehead atoms. The number of rotatable bonds is 5. The molecule has 0 unspecified atom stereocenters. The quantitative estimate of drug-likeness (QED) is 0.655. The summed E-state index contributed by atoms with van der Waals surface area (Å²) in [5.41, 5.74) is 7.65. The minimum Gasteiger partial charge on any atom is -0.496 e. The average molecular weight is 480 g/mol. The average Bonchev–Trinajstić information content (AvgIpc) is 2.46. The molecule has 3 nitrogen and oxygen atoms in total. The predicted octanol–water partition coefficient (Wildman–Crippen LogP) is 5.02. The summed E-state index contributed by atoms with van der Waals surface area (Å²) in [4.78, 5) is 0. The Bertz CT molecular complexity index is 624. The zero-order valence-corrected chi connectivity index (χ0v) is 16.1. The molecule has 2 aromatic rings. The molecule has 2 aromatic carbocycles. The molecule has 0 heterocycles. The lowest BCUT2D eigenvalue weighted by Crippen LogP contribution is -2.01. The Morgan fingerprint density at radius 1 is 1.05 bits per heavy atom. The summed E-state index contributed by atoms with van der Waals surface area (Å²) < 4.78 is 14.0. The van der Waals surface area contributed by atoms with E-state index in [-0.39, 0.29) is 0 Å². The normalized spacial score (nSPS) is 10.5. The number of benzene rings is 2. The molecule has 0 saturated carbocycles. The molecular formula is C15H14Br3NO2. The molecule has 21 heavy (non-hydrogen) atoms. The van der Waals surface area contributed by atoms with Crippen molar-refractivity contribution >= 4 is 47.8 Å². The van der Waals surface area contributed by atoms with Crippen LogP contribution in [0.15, 0.2) is 43.7 Å². The van der Waals surface area contributed by atoms with Crippen molar-refractivity contribution in [2.45, 2.75) is 13.2 Å². The summed E-state index contributed by atoms with van der Waals surface area (Å²) in [6.45, 7) is 0.888. The van der Waals surface area contributed by atoms with Crippen LogP contribution in [0.2, 0.25) is 0 Å². The Morgan fingerprint density at radius 3 is 2.29 bits per heavy atom. The number of hydrogen-bond donors (Lipinski definition) is 1. The molecule has 0 fully saturated rings. The van der Waals surface area contributed by atoms with E-state index >= 15 is 0 Å². The second-order valence-corrected chi connectivity index (χ2v) is 6.96. The molecular weight excluding hydrogens is 466 g/mol. The number of nitrogens with two attached hydrogens (primary N) is 1. The van der Waals surface area contributed by atoms with Gasteiger partial charge in [0.2, 0.25) is 0 Å². The summed E-state index contributed by atoms with van der Waals surface area (Å²) in [5.74, 6) is 1.54. The lowest BCUT2D eigenvalue weighted by molar-refractivity contribution is 0.293. The summed E-state index contributed by atoms with van der Waals surface area (Å²) in [6.07, 6.45) is 0. The van der Waals surface area contributed by atoms with Gasteiger partial charge >= 0.3 is 0 Å². The van der Waals surface area contributed by atoms with Gasteiger partial charge in [0.05, 0.1) is 16.1 Å². The lowest BCUT2D eigenvalue weighted by atomic mass is 10.2. The van der Waals surface area contributed by atoms with Crippen molar-refractivity contribution in [3.8, 4) is 11.5 Å². The fraction of sp³-hybridized carbons (Fsp3) is 0.200. The van der Waals surface area contributed by atoms with E-state index in [4.69, 9.17) is 15.2 Å². The maximum atomic E-state index is 5.92. The van der Waals surface area contributed by atoms with E-state index in [1.54, 1.807) is 7.11 Å². The van der Waals surface area contributed by atoms with Crippen LogP contribution in [-0.4, -0.2) is 7.11 Å². The fourth-order valence-electron chi connectivity index (χ4n) is 1.88. The molecule has 6 heteroatoms. The molecule has 2 N–H and O–H groups in total. The topological polar surface area (TPSA) is 44.5 Å². The molecule has 2 rings (SSSR count). The molecule has 0 radical (unpaired) electrons. The van der Waals surface area contributed by atoms with Crippen molar-refractivity contribution in [3.63, 3.8) is 0 Å². The summed E-state index contributed by atoms with van der Waals surface area (Å²) >= 11 is 10.5. The molecule has 0 spiro atoms. The van der Waals surface area contributed by atoms with Gasteiger partial charge in [0.15, 0.2) is 0 Å². The van der Waals surface area contributed by atoms with Gasteiger partial charge in [-0.05, 0) is 67.8 Å². The standard InChI is InChI=1S/C15H14Br3NO2/c1-20-14-3-2-11(16)6-10(14)8-21-15-12(17)4-9(7-19)5-13(15)18/h2-6H,7-8,19H2,1H3. The van der Waals surface area contributed by atoms with Gasteiger partial charge in [-0.3, -0.25) is 0 Å². The molecule has 0 aromatic heterocycles. The highest BCUT2D eigenvalue weighted by Gasteiger charge is 2.11. The highest BCUT2D eigenvalue weighted by atomic mass is 79.9. The van der Waals surface area contributed by atoms with Crippen LogP contribution >= 0.6 is 47.8 Å². The van der Waals surface area contributed by atoms with Crippen molar-refractivity contribution in [1.29, 1.82) is 0 Å². The third kappa shape index (κ3) is 4.22. The first-order chi connectivity index (χ1) is 10.0. The van der Waals surface area contributed by atoms with E-state index in [0.29, 0.717) is 13.2 Å². The minimum absolute atomic E-state index is 0.405. The Morgan fingerprint density at radius 2 is 1.71 bits per heavy atom. The molecule has 0 aliphatic rings. The number of ether oxygens (including phenoxy) is 2. The second kappa shape index (κ2) is 7.63. The molecule has 0 amide bonds. The number of halogens is 3. The maximum Gasteiger partial charge on any atom is 0.148 e. The first-order valence-electron chi connectivity index (χ1n) is 6.18. The van der Waals surface area contributed by atoms with Gasteiger partial charge in [-0.1, -0.05) is 15.9 Å². The minimum atomic E-state index is 0.405. The van der Waals surface area contributed by atoms with Crippen molar-refractivity contribution in [2.75, 3.05) is 7.11 Å². The lowest BCUT2D eigenvalue weighted by Gasteiger charge is -2.14. The van der Waals surface area contributed by atoms with E-state index in [1.807, 2.05) is 30.3 Å². The number of methoxy groups -OCH3 is 1. The van der Waals surface area contributed by atoms with Gasteiger partial charge in [-0.2, -0.15) is 0 Å². The van der Waals surface area contributed by atoms with Gasteiger partial charge in [0.1, 0.15) is 18.1 Å². The summed E-state index contributed by atoms with van der Waals surface area (Å²) in [6, 6.07) is 9.74. The van der Waals surface area contributed by atoms with Crippen LogP contribution in [0.1, 0.15) is 11.1 Å². The van der Waals surface area contributed by atoms with Crippen LogP contribution in [-0.2, 0) is 13.2 Å².